The van der Waals surface area contributed by atoms with E-state index in [9.17, 15) is 4.79 Å². The topological polar surface area (TPSA) is 52.3 Å². The van der Waals surface area contributed by atoms with Crippen LogP contribution < -0.4 is 5.73 Å². The third-order valence-electron chi connectivity index (χ3n) is 2.92. The van der Waals surface area contributed by atoms with Crippen LogP contribution in [0, 0.1) is 0 Å². The van der Waals surface area contributed by atoms with Gasteiger partial charge in [0, 0.05) is 5.69 Å². The van der Waals surface area contributed by atoms with E-state index in [1.54, 1.807) is 24.3 Å². The van der Waals surface area contributed by atoms with Gasteiger partial charge in [-0.15, -0.1) is 0 Å². The molecule has 0 spiro atoms. The zero-order valence-electron chi connectivity index (χ0n) is 10.9. The summed E-state index contributed by atoms with van der Waals surface area (Å²) in [6.45, 7) is 2.38. The maximum Gasteiger partial charge on any atom is 0.338 e. The molecule has 19 heavy (non-hydrogen) atoms. The van der Waals surface area contributed by atoms with Gasteiger partial charge >= 0.3 is 5.97 Å². The van der Waals surface area contributed by atoms with Crippen LogP contribution in [0.1, 0.15) is 28.4 Å². The Morgan fingerprint density at radius 2 is 1.79 bits per heavy atom. The fourth-order valence-electron chi connectivity index (χ4n) is 1.77. The maximum absolute atomic E-state index is 11.8. The second kappa shape index (κ2) is 6.05. The van der Waals surface area contributed by atoms with Crippen LogP contribution in [-0.2, 0) is 17.8 Å². The summed E-state index contributed by atoms with van der Waals surface area (Å²) in [4.78, 5) is 11.8. The van der Waals surface area contributed by atoms with Crippen molar-refractivity contribution in [2.45, 2.75) is 20.0 Å². The molecule has 0 aromatic heterocycles. The largest absolute Gasteiger partial charge is 0.457 e. The van der Waals surface area contributed by atoms with E-state index in [4.69, 9.17) is 10.5 Å². The molecule has 3 nitrogen and oxygen atoms in total. The average Bonchev–Trinajstić information content (AvgIpc) is 2.45. The lowest BCUT2D eigenvalue weighted by Crippen LogP contribution is -2.05. The number of nitrogen functional groups attached to an aromatic ring is 1. The molecule has 0 aliphatic carbocycles. The van der Waals surface area contributed by atoms with Crippen LogP contribution in [0.25, 0.3) is 0 Å². The van der Waals surface area contributed by atoms with Crippen molar-refractivity contribution in [3.05, 3.63) is 65.2 Å². The smallest absolute Gasteiger partial charge is 0.338 e. The third-order valence-corrected chi connectivity index (χ3v) is 2.92. The van der Waals surface area contributed by atoms with Crippen molar-refractivity contribution in [3.63, 3.8) is 0 Å². The van der Waals surface area contributed by atoms with Crippen LogP contribution in [0.15, 0.2) is 48.5 Å². The molecule has 0 radical (unpaired) electrons. The van der Waals surface area contributed by atoms with Gasteiger partial charge in [-0.3, -0.25) is 0 Å². The van der Waals surface area contributed by atoms with E-state index < -0.39 is 0 Å². The number of hydrogen-bond acceptors (Lipinski definition) is 3. The Bertz CT molecular complexity index is 561. The summed E-state index contributed by atoms with van der Waals surface area (Å²) in [5, 5.41) is 0. The van der Waals surface area contributed by atoms with Crippen LogP contribution in [-0.4, -0.2) is 5.97 Å². The monoisotopic (exact) mass is 255 g/mol. The number of rotatable bonds is 4. The van der Waals surface area contributed by atoms with E-state index in [0.717, 1.165) is 12.0 Å². The Labute approximate surface area is 113 Å². The Morgan fingerprint density at radius 3 is 2.42 bits per heavy atom. The van der Waals surface area contributed by atoms with Crippen LogP contribution >= 0.6 is 0 Å². The molecule has 0 aliphatic heterocycles. The number of aryl methyl sites for hydroxylation is 1. The Kier molecular flexibility index (Phi) is 4.18. The first-order valence-corrected chi connectivity index (χ1v) is 6.29. The van der Waals surface area contributed by atoms with Crippen LogP contribution in [0.3, 0.4) is 0 Å². The van der Waals surface area contributed by atoms with Gasteiger partial charge < -0.3 is 10.5 Å². The van der Waals surface area contributed by atoms with E-state index in [1.165, 1.54) is 5.56 Å². The summed E-state index contributed by atoms with van der Waals surface area (Å²) < 4.78 is 5.25. The first-order valence-electron chi connectivity index (χ1n) is 6.29. The number of esters is 1. The molecule has 0 aliphatic rings. The summed E-state index contributed by atoms with van der Waals surface area (Å²) in [5.74, 6) is -0.355. The molecule has 2 aromatic carbocycles. The molecule has 2 aromatic rings. The summed E-state index contributed by atoms with van der Waals surface area (Å²) in [6.07, 6.45) is 1.00. The highest BCUT2D eigenvalue weighted by Crippen LogP contribution is 2.11. The van der Waals surface area contributed by atoms with Crippen molar-refractivity contribution >= 4 is 11.7 Å². The van der Waals surface area contributed by atoms with Crippen molar-refractivity contribution in [1.82, 2.24) is 0 Å². The lowest BCUT2D eigenvalue weighted by Gasteiger charge is -2.06. The maximum atomic E-state index is 11.8. The number of anilines is 1. The second-order valence-corrected chi connectivity index (χ2v) is 4.37. The molecule has 0 fully saturated rings. The molecular weight excluding hydrogens is 238 g/mol. The Balaban J connectivity index is 1.96. The molecule has 0 bridgehead atoms. The summed E-state index contributed by atoms with van der Waals surface area (Å²) >= 11 is 0. The number of nitrogens with two attached hydrogens (primary N) is 1. The minimum atomic E-state index is -0.355. The first-order chi connectivity index (χ1) is 9.19. The van der Waals surface area contributed by atoms with Crippen molar-refractivity contribution < 1.29 is 9.53 Å². The van der Waals surface area contributed by atoms with Crippen molar-refractivity contribution in [1.29, 1.82) is 0 Å². The molecule has 0 amide bonds. The normalized spacial score (nSPS) is 10.2. The molecule has 2 rings (SSSR count). The molecule has 0 saturated carbocycles. The molecule has 0 saturated heterocycles. The second-order valence-electron chi connectivity index (χ2n) is 4.37. The zero-order valence-corrected chi connectivity index (χ0v) is 10.9. The minimum absolute atomic E-state index is 0.275. The first kappa shape index (κ1) is 13.1. The van der Waals surface area contributed by atoms with Gasteiger partial charge in [0.1, 0.15) is 6.61 Å². The summed E-state index contributed by atoms with van der Waals surface area (Å²) in [5.41, 5.74) is 8.91. The lowest BCUT2D eigenvalue weighted by molar-refractivity contribution is 0.0473. The van der Waals surface area contributed by atoms with Crippen molar-refractivity contribution in [2.75, 3.05) is 5.73 Å². The Morgan fingerprint density at radius 1 is 1.11 bits per heavy atom. The molecule has 3 heteroatoms. The minimum Gasteiger partial charge on any atom is -0.457 e. The average molecular weight is 255 g/mol. The van der Waals surface area contributed by atoms with Gasteiger partial charge in [0.2, 0.25) is 0 Å². The van der Waals surface area contributed by atoms with Gasteiger partial charge in [-0.25, -0.2) is 4.79 Å². The predicted molar refractivity (Wildman–Crippen MR) is 75.8 cm³/mol. The Hall–Kier alpha value is -2.29. The molecular formula is C16H17NO2. The standard InChI is InChI=1S/C16H17NO2/c1-2-12-6-8-13(9-7-12)11-19-16(18)14-4-3-5-15(17)10-14/h3-10H,2,11,17H2,1H3. The van der Waals surface area contributed by atoms with Gasteiger partial charge in [0.15, 0.2) is 0 Å². The van der Waals surface area contributed by atoms with Gasteiger partial charge in [-0.1, -0.05) is 37.3 Å². The molecule has 0 atom stereocenters. The van der Waals surface area contributed by atoms with Crippen molar-refractivity contribution in [2.24, 2.45) is 0 Å². The predicted octanol–water partition coefficient (Wildman–Crippen LogP) is 3.19. The summed E-state index contributed by atoms with van der Waals surface area (Å²) in [7, 11) is 0. The number of carbonyl (C=O) groups excluding carboxylic acids is 1. The number of ether oxygens (including phenoxy) is 1. The quantitative estimate of drug-likeness (QED) is 0.674. The van der Waals surface area contributed by atoms with Gasteiger partial charge in [-0.2, -0.15) is 0 Å². The van der Waals surface area contributed by atoms with Crippen LogP contribution in [0.5, 0.6) is 0 Å². The number of benzene rings is 2. The SMILES string of the molecule is CCc1ccc(COC(=O)c2cccc(N)c2)cc1. The highest BCUT2D eigenvalue weighted by Gasteiger charge is 2.07. The van der Waals surface area contributed by atoms with E-state index in [1.807, 2.05) is 24.3 Å². The van der Waals surface area contributed by atoms with Crippen LogP contribution in [0.2, 0.25) is 0 Å². The van der Waals surface area contributed by atoms with Crippen LogP contribution in [0.4, 0.5) is 5.69 Å². The van der Waals surface area contributed by atoms with E-state index in [-0.39, 0.29) is 12.6 Å². The fraction of sp³-hybridized carbons (Fsp3) is 0.188. The van der Waals surface area contributed by atoms with E-state index in [2.05, 4.69) is 6.92 Å². The third kappa shape index (κ3) is 3.58. The number of hydrogen-bond donors (Lipinski definition) is 1. The molecule has 0 heterocycles. The lowest BCUT2D eigenvalue weighted by atomic mass is 10.1. The zero-order chi connectivity index (χ0) is 13.7. The molecule has 2 N–H and O–H groups in total. The molecule has 98 valence electrons. The molecule has 0 unspecified atom stereocenters. The van der Waals surface area contributed by atoms with Crippen molar-refractivity contribution in [3.8, 4) is 0 Å². The fourth-order valence-corrected chi connectivity index (χ4v) is 1.77. The van der Waals surface area contributed by atoms with Gasteiger partial charge in [0.25, 0.3) is 0 Å². The number of carbonyl (C=O) groups is 1. The van der Waals surface area contributed by atoms with Gasteiger partial charge in [-0.05, 0) is 35.7 Å². The summed E-state index contributed by atoms with van der Waals surface area (Å²) in [6, 6.07) is 14.8. The highest BCUT2D eigenvalue weighted by molar-refractivity contribution is 5.90. The van der Waals surface area contributed by atoms with E-state index in [0.29, 0.717) is 11.3 Å². The van der Waals surface area contributed by atoms with Gasteiger partial charge in [0.05, 0.1) is 5.56 Å². The van der Waals surface area contributed by atoms with E-state index >= 15 is 0 Å². The highest BCUT2D eigenvalue weighted by atomic mass is 16.5.